The normalized spacial score (nSPS) is 32.6. The van der Waals surface area contributed by atoms with Gasteiger partial charge in [0.25, 0.3) is 0 Å². The number of rotatable bonds is 12. The number of hydrogen-bond acceptors (Lipinski definition) is 17. The van der Waals surface area contributed by atoms with Crippen molar-refractivity contribution in [1.29, 1.82) is 5.41 Å². The maximum absolute atomic E-state index is 12.0. The highest BCUT2D eigenvalue weighted by atomic mass is 31.3. The van der Waals surface area contributed by atoms with Gasteiger partial charge < -0.3 is 59.3 Å². The Bertz CT molecular complexity index is 1620. The summed E-state index contributed by atoms with van der Waals surface area (Å²) in [7, 11) is -22.0. The number of phosphoric acid groups is 4. The summed E-state index contributed by atoms with van der Waals surface area (Å²) in [4.78, 5) is 61.8. The van der Waals surface area contributed by atoms with Crippen molar-refractivity contribution in [3.05, 3.63) is 18.1 Å². The Labute approximate surface area is 243 Å². The number of ether oxygens (including phenoxy) is 2. The molecule has 2 aromatic rings. The van der Waals surface area contributed by atoms with Gasteiger partial charge >= 0.3 is 31.3 Å². The second-order valence-corrected chi connectivity index (χ2v) is 14.7. The Hall–Kier alpha value is -1.37. The minimum Gasteiger partial charge on any atom is -0.387 e. The first-order valence-corrected chi connectivity index (χ1v) is 17.6. The highest BCUT2D eigenvalue weighted by molar-refractivity contribution is 7.66. The number of aliphatic hydroxyl groups excluding tert-OH is 4. The van der Waals surface area contributed by atoms with Crippen molar-refractivity contribution in [3.8, 4) is 0 Å². The second kappa shape index (κ2) is 12.7. The average molecular weight is 719 g/mol. The molecule has 4 heterocycles. The van der Waals surface area contributed by atoms with E-state index < -0.39 is 99.1 Å². The van der Waals surface area contributed by atoms with Crippen LogP contribution >= 0.6 is 31.3 Å². The molecule has 4 unspecified atom stereocenters. The molecule has 25 nitrogen and oxygen atoms in total. The molecule has 0 aliphatic carbocycles. The van der Waals surface area contributed by atoms with Gasteiger partial charge in [0.2, 0.25) is 0 Å². The van der Waals surface area contributed by atoms with Gasteiger partial charge in [0, 0.05) is 0 Å². The summed E-state index contributed by atoms with van der Waals surface area (Å²) >= 11 is 0. The van der Waals surface area contributed by atoms with E-state index in [9.17, 15) is 48.5 Å². The highest BCUT2D eigenvalue weighted by Crippen LogP contribution is 2.66. The number of hydrogen-bond donors (Lipinski definition) is 11. The molecule has 0 spiro atoms. The van der Waals surface area contributed by atoms with Crippen LogP contribution in [-0.4, -0.2) is 119 Å². The van der Waals surface area contributed by atoms with E-state index in [1.807, 2.05) is 0 Å². The molecule has 29 heteroatoms. The van der Waals surface area contributed by atoms with Crippen molar-refractivity contribution in [2.24, 2.45) is 0 Å². The van der Waals surface area contributed by atoms with Gasteiger partial charge in [-0.05, 0) is 0 Å². The Morgan fingerprint density at radius 2 is 1.20 bits per heavy atom. The van der Waals surface area contributed by atoms with Crippen LogP contribution in [0.5, 0.6) is 0 Å². The van der Waals surface area contributed by atoms with Crippen LogP contribution in [-0.2, 0) is 45.4 Å². The van der Waals surface area contributed by atoms with E-state index >= 15 is 0 Å². The molecule has 0 radical (unpaired) electrons. The average Bonchev–Trinajstić information content (AvgIpc) is 3.50. The number of aromatic nitrogens is 4. The van der Waals surface area contributed by atoms with Crippen LogP contribution in [0.2, 0.25) is 0 Å². The lowest BCUT2D eigenvalue weighted by Gasteiger charge is -2.19. The lowest BCUT2D eigenvalue weighted by molar-refractivity contribution is -0.0546. The largest absolute Gasteiger partial charge is 0.490 e. The predicted octanol–water partition coefficient (Wildman–Crippen LogP) is -3.60. The molecule has 0 aromatic carbocycles. The van der Waals surface area contributed by atoms with Crippen molar-refractivity contribution >= 4 is 42.5 Å². The van der Waals surface area contributed by atoms with Crippen molar-refractivity contribution in [2.75, 3.05) is 13.2 Å². The van der Waals surface area contributed by atoms with E-state index in [1.165, 1.54) is 0 Å². The van der Waals surface area contributed by atoms with Crippen LogP contribution in [0.3, 0.4) is 0 Å². The first-order valence-electron chi connectivity index (χ1n) is 11.6. The Kier molecular flexibility index (Phi) is 10.2. The maximum atomic E-state index is 12.0. The fourth-order valence-corrected chi connectivity index (χ4v) is 7.53. The lowest BCUT2D eigenvalue weighted by atomic mass is 10.1. The first-order chi connectivity index (χ1) is 20.1. The standard InChI is InChI=1S/C15H25N5O20P4/c16-12-7-13(18-4-19(12)14-10(23)8(21)5(37-14)1-35-41(25,26)27)20(3-17-7)15-11(24)9(22)6(38-15)2-36-43(31,32)40-44(33,34)39-42(28,29)30/h3-6,8-11,14-16,21-24H,1-2H2,(H,31,32)(H,33,34)(H2,25,26,27)(H2,28,29,30)/t5-,6-,8-,9?,10-,11-,14-,15?/m1/s1. The zero-order chi connectivity index (χ0) is 33.0. The van der Waals surface area contributed by atoms with E-state index in [0.717, 1.165) is 21.8 Å². The first kappa shape index (κ1) is 35.5. The molecule has 44 heavy (non-hydrogen) atoms. The maximum Gasteiger partial charge on any atom is 0.490 e. The zero-order valence-electron chi connectivity index (χ0n) is 21.3. The van der Waals surface area contributed by atoms with Gasteiger partial charge in [0.1, 0.15) is 43.0 Å². The predicted molar refractivity (Wildman–Crippen MR) is 131 cm³/mol. The molecule has 11 N–H and O–H groups in total. The van der Waals surface area contributed by atoms with E-state index in [-0.39, 0.29) is 11.2 Å². The quantitative estimate of drug-likeness (QED) is 0.0944. The number of nitrogens with zero attached hydrogens (tertiary/aromatic N) is 4. The van der Waals surface area contributed by atoms with Crippen LogP contribution in [0, 0.1) is 5.41 Å². The molecule has 2 fully saturated rings. The summed E-state index contributed by atoms with van der Waals surface area (Å²) in [6.45, 7) is -1.89. The molecular formula is C15H25N5O20P4. The summed E-state index contributed by atoms with van der Waals surface area (Å²) in [5.41, 5.74) is -0.820. The molecular weight excluding hydrogens is 694 g/mol. The molecule has 2 aromatic heterocycles. The SMILES string of the molecule is N=c1c2ncn(C3O[C@H](COP(=O)(O)OP(=O)(O)OP(=O)(O)O)C(O)[C@H]3O)c2ncn1[C@@H]1O[C@H](COP(=O)(O)O)[C@@H](O)[C@H]1O. The van der Waals surface area contributed by atoms with Gasteiger partial charge in [-0.3, -0.25) is 23.6 Å². The van der Waals surface area contributed by atoms with E-state index in [0.29, 0.717) is 0 Å². The van der Waals surface area contributed by atoms with Gasteiger partial charge in [-0.1, -0.05) is 0 Å². The molecule has 2 aliphatic heterocycles. The van der Waals surface area contributed by atoms with Crippen LogP contribution in [0.15, 0.2) is 12.7 Å². The van der Waals surface area contributed by atoms with Crippen LogP contribution in [0.4, 0.5) is 0 Å². The highest BCUT2D eigenvalue weighted by Gasteiger charge is 2.48. The third kappa shape index (κ3) is 8.12. The van der Waals surface area contributed by atoms with Crippen LogP contribution in [0.1, 0.15) is 12.5 Å². The summed E-state index contributed by atoms with van der Waals surface area (Å²) in [5, 5.41) is 50.0. The summed E-state index contributed by atoms with van der Waals surface area (Å²) in [5.74, 6) is 0. The smallest absolute Gasteiger partial charge is 0.387 e. The monoisotopic (exact) mass is 719 g/mol. The minimum atomic E-state index is -5.81. The van der Waals surface area contributed by atoms with Gasteiger partial charge in [-0.25, -0.2) is 28.2 Å². The molecule has 2 saturated heterocycles. The Morgan fingerprint density at radius 1 is 0.705 bits per heavy atom. The third-order valence-electron chi connectivity index (χ3n) is 6.00. The van der Waals surface area contributed by atoms with E-state index in [1.54, 1.807) is 0 Å². The summed E-state index contributed by atoms with van der Waals surface area (Å²) < 4.78 is 73.9. The lowest BCUT2D eigenvalue weighted by Crippen LogP contribution is -2.36. The Morgan fingerprint density at radius 3 is 1.73 bits per heavy atom. The molecule has 2 aliphatic rings. The number of imidazole rings is 1. The molecule has 0 amide bonds. The van der Waals surface area contributed by atoms with Crippen LogP contribution in [0.25, 0.3) is 11.2 Å². The van der Waals surface area contributed by atoms with Gasteiger partial charge in [-0.15, -0.1) is 0 Å². The van der Waals surface area contributed by atoms with Crippen molar-refractivity contribution in [2.45, 2.75) is 49.1 Å². The topological polar surface area (TPSA) is 385 Å². The summed E-state index contributed by atoms with van der Waals surface area (Å²) in [6.07, 6.45) is -11.1. The third-order valence-corrected chi connectivity index (χ3v) is 10.3. The molecule has 10 atom stereocenters. The zero-order valence-corrected chi connectivity index (χ0v) is 24.9. The van der Waals surface area contributed by atoms with Crippen LogP contribution < -0.4 is 5.49 Å². The van der Waals surface area contributed by atoms with Crippen molar-refractivity contribution in [1.82, 2.24) is 19.1 Å². The Balaban J connectivity index is 1.48. The summed E-state index contributed by atoms with van der Waals surface area (Å²) in [6, 6.07) is 0. The van der Waals surface area contributed by atoms with Crippen molar-refractivity contribution in [3.63, 3.8) is 0 Å². The molecule has 0 saturated carbocycles. The van der Waals surface area contributed by atoms with E-state index in [4.69, 9.17) is 34.5 Å². The van der Waals surface area contributed by atoms with Gasteiger partial charge in [0.05, 0.1) is 19.5 Å². The number of phosphoric ester groups is 2. The molecule has 0 bridgehead atoms. The fraction of sp³-hybridized carbons (Fsp3) is 0.667. The number of nitrogens with one attached hydrogen (secondary N) is 1. The van der Waals surface area contributed by atoms with Gasteiger partial charge in [-0.2, -0.15) is 8.62 Å². The molecule has 4 rings (SSSR count). The van der Waals surface area contributed by atoms with Crippen molar-refractivity contribution < 1.29 is 95.2 Å². The van der Waals surface area contributed by atoms with Gasteiger partial charge in [0.15, 0.2) is 29.1 Å². The molecule has 250 valence electrons. The number of fused-ring (bicyclic) bond motifs is 1. The minimum absolute atomic E-state index is 0.148. The fourth-order valence-electron chi connectivity index (χ4n) is 4.16. The second-order valence-electron chi connectivity index (χ2n) is 9.09. The van der Waals surface area contributed by atoms with E-state index in [2.05, 4.69) is 27.6 Å². The number of aliphatic hydroxyl groups is 4.